The van der Waals surface area contributed by atoms with Gasteiger partial charge in [0.05, 0.1) is 0 Å². The van der Waals surface area contributed by atoms with E-state index < -0.39 is 0 Å². The van der Waals surface area contributed by atoms with Gasteiger partial charge >= 0.3 is 0 Å². The molecular formula is C14H28N2. The van der Waals surface area contributed by atoms with Gasteiger partial charge in [-0.3, -0.25) is 4.90 Å². The first kappa shape index (κ1) is 12.4. The summed E-state index contributed by atoms with van der Waals surface area (Å²) in [5.41, 5.74) is 0. The van der Waals surface area contributed by atoms with Crippen LogP contribution in [0, 0.1) is 11.8 Å². The molecule has 94 valence electrons. The van der Waals surface area contributed by atoms with E-state index in [4.69, 9.17) is 0 Å². The van der Waals surface area contributed by atoms with Gasteiger partial charge in [0.1, 0.15) is 0 Å². The van der Waals surface area contributed by atoms with E-state index in [1.807, 2.05) is 0 Å². The van der Waals surface area contributed by atoms with Crippen LogP contribution in [0.5, 0.6) is 0 Å². The van der Waals surface area contributed by atoms with Crippen LogP contribution < -0.4 is 5.32 Å². The molecule has 0 amide bonds. The summed E-state index contributed by atoms with van der Waals surface area (Å²) in [7, 11) is 0. The molecule has 2 atom stereocenters. The van der Waals surface area contributed by atoms with E-state index in [0.717, 1.165) is 17.9 Å². The summed E-state index contributed by atoms with van der Waals surface area (Å²) < 4.78 is 0. The zero-order chi connectivity index (χ0) is 11.5. The number of hydrogen-bond donors (Lipinski definition) is 1. The molecule has 2 aliphatic rings. The van der Waals surface area contributed by atoms with E-state index in [2.05, 4.69) is 31.0 Å². The molecule has 2 nitrogen and oxygen atoms in total. The van der Waals surface area contributed by atoms with Crippen LogP contribution in [-0.4, -0.2) is 36.6 Å². The smallest absolute Gasteiger partial charge is 0.0218 e. The lowest BCUT2D eigenvalue weighted by atomic mass is 9.98. The summed E-state index contributed by atoms with van der Waals surface area (Å²) in [5, 5.41) is 3.65. The van der Waals surface area contributed by atoms with Crippen molar-refractivity contribution in [2.24, 2.45) is 11.8 Å². The van der Waals surface area contributed by atoms with Crippen molar-refractivity contribution in [3.8, 4) is 0 Å². The van der Waals surface area contributed by atoms with Crippen LogP contribution >= 0.6 is 0 Å². The molecule has 1 aliphatic heterocycles. The van der Waals surface area contributed by atoms with Gasteiger partial charge in [-0.1, -0.05) is 33.6 Å². The van der Waals surface area contributed by atoms with Gasteiger partial charge in [-0.2, -0.15) is 0 Å². The van der Waals surface area contributed by atoms with Gasteiger partial charge in [-0.15, -0.1) is 0 Å². The van der Waals surface area contributed by atoms with Gasteiger partial charge in [0, 0.05) is 31.7 Å². The second-order valence-electron chi connectivity index (χ2n) is 6.04. The topological polar surface area (TPSA) is 15.3 Å². The molecule has 0 aromatic heterocycles. The van der Waals surface area contributed by atoms with Crippen LogP contribution in [0.3, 0.4) is 0 Å². The monoisotopic (exact) mass is 224 g/mol. The van der Waals surface area contributed by atoms with E-state index in [1.54, 1.807) is 0 Å². The Morgan fingerprint density at radius 2 is 2.06 bits per heavy atom. The van der Waals surface area contributed by atoms with Crippen molar-refractivity contribution in [2.45, 2.75) is 58.5 Å². The molecule has 2 unspecified atom stereocenters. The first-order valence-corrected chi connectivity index (χ1v) is 7.18. The molecule has 1 saturated carbocycles. The van der Waals surface area contributed by atoms with Crippen molar-refractivity contribution in [2.75, 3.05) is 19.6 Å². The Kier molecular flexibility index (Phi) is 4.26. The zero-order valence-electron chi connectivity index (χ0n) is 11.2. The van der Waals surface area contributed by atoms with Gasteiger partial charge < -0.3 is 5.32 Å². The molecular weight excluding hydrogens is 196 g/mol. The minimum atomic E-state index is 0.710. The third-order valence-corrected chi connectivity index (χ3v) is 4.33. The van der Waals surface area contributed by atoms with E-state index in [-0.39, 0.29) is 0 Å². The van der Waals surface area contributed by atoms with Crippen molar-refractivity contribution in [1.29, 1.82) is 0 Å². The first-order valence-electron chi connectivity index (χ1n) is 7.18. The molecule has 1 N–H and O–H groups in total. The molecule has 0 bridgehead atoms. The fraction of sp³-hybridized carbons (Fsp3) is 1.00. The quantitative estimate of drug-likeness (QED) is 0.772. The van der Waals surface area contributed by atoms with Crippen LogP contribution in [0.25, 0.3) is 0 Å². The average molecular weight is 224 g/mol. The maximum atomic E-state index is 3.65. The van der Waals surface area contributed by atoms with E-state index in [1.165, 1.54) is 45.3 Å². The first-order chi connectivity index (χ1) is 7.70. The summed E-state index contributed by atoms with van der Waals surface area (Å²) in [6, 6.07) is 1.57. The van der Waals surface area contributed by atoms with Crippen LogP contribution in [-0.2, 0) is 0 Å². The third-order valence-electron chi connectivity index (χ3n) is 4.33. The Hall–Kier alpha value is -0.0800. The second kappa shape index (κ2) is 5.50. The summed E-state index contributed by atoms with van der Waals surface area (Å²) in [4.78, 5) is 2.75. The predicted octanol–water partition coefficient (Wildman–Crippen LogP) is 2.49. The predicted molar refractivity (Wildman–Crippen MR) is 69.6 cm³/mol. The molecule has 2 heteroatoms. The highest BCUT2D eigenvalue weighted by Crippen LogP contribution is 2.35. The molecule has 0 spiro atoms. The highest BCUT2D eigenvalue weighted by Gasteiger charge is 2.30. The minimum absolute atomic E-state index is 0.710. The van der Waals surface area contributed by atoms with Crippen molar-refractivity contribution < 1.29 is 0 Å². The fourth-order valence-corrected chi connectivity index (χ4v) is 2.89. The highest BCUT2D eigenvalue weighted by atomic mass is 15.2. The number of rotatable bonds is 5. The summed E-state index contributed by atoms with van der Waals surface area (Å²) in [5.74, 6) is 1.83. The van der Waals surface area contributed by atoms with Crippen LogP contribution in [0.15, 0.2) is 0 Å². The number of nitrogens with one attached hydrogen (secondary N) is 1. The van der Waals surface area contributed by atoms with Crippen molar-refractivity contribution in [3.63, 3.8) is 0 Å². The Labute approximate surface area is 101 Å². The fourth-order valence-electron chi connectivity index (χ4n) is 2.89. The van der Waals surface area contributed by atoms with Gasteiger partial charge in [0.15, 0.2) is 0 Å². The lowest BCUT2D eigenvalue weighted by Crippen LogP contribution is -2.55. The van der Waals surface area contributed by atoms with E-state index in [9.17, 15) is 0 Å². The lowest BCUT2D eigenvalue weighted by molar-refractivity contribution is 0.114. The van der Waals surface area contributed by atoms with Gasteiger partial charge in [-0.25, -0.2) is 0 Å². The Morgan fingerprint density at radius 1 is 1.31 bits per heavy atom. The second-order valence-corrected chi connectivity index (χ2v) is 6.04. The molecule has 1 heterocycles. The largest absolute Gasteiger partial charge is 0.311 e. The SMILES string of the molecule is CCC(CC1CC1)N1CCNC(C(C)C)C1. The molecule has 1 aliphatic carbocycles. The van der Waals surface area contributed by atoms with Crippen LogP contribution in [0.1, 0.15) is 46.5 Å². The molecule has 0 aromatic carbocycles. The van der Waals surface area contributed by atoms with Crippen molar-refractivity contribution >= 4 is 0 Å². The number of piperazine rings is 1. The molecule has 2 fully saturated rings. The zero-order valence-corrected chi connectivity index (χ0v) is 11.2. The molecule has 0 aromatic rings. The third kappa shape index (κ3) is 3.21. The van der Waals surface area contributed by atoms with E-state index in [0.29, 0.717) is 6.04 Å². The summed E-state index contributed by atoms with van der Waals surface area (Å²) in [6.07, 6.45) is 5.79. The van der Waals surface area contributed by atoms with Crippen LogP contribution in [0.2, 0.25) is 0 Å². The van der Waals surface area contributed by atoms with Crippen LogP contribution in [0.4, 0.5) is 0 Å². The average Bonchev–Trinajstić information content (AvgIpc) is 3.10. The highest BCUT2D eigenvalue weighted by molar-refractivity contribution is 4.87. The standard InChI is InChI=1S/C14H28N2/c1-4-13(9-12-5-6-12)16-8-7-15-14(10-16)11(2)3/h11-15H,4-10H2,1-3H3. The molecule has 1 saturated heterocycles. The van der Waals surface area contributed by atoms with Gasteiger partial charge in [0.25, 0.3) is 0 Å². The summed E-state index contributed by atoms with van der Waals surface area (Å²) >= 11 is 0. The van der Waals surface area contributed by atoms with Gasteiger partial charge in [0.2, 0.25) is 0 Å². The Morgan fingerprint density at radius 3 is 2.62 bits per heavy atom. The maximum Gasteiger partial charge on any atom is 0.0218 e. The molecule has 2 rings (SSSR count). The Balaban J connectivity index is 1.85. The van der Waals surface area contributed by atoms with Crippen molar-refractivity contribution in [3.05, 3.63) is 0 Å². The molecule has 16 heavy (non-hydrogen) atoms. The van der Waals surface area contributed by atoms with E-state index >= 15 is 0 Å². The Bertz CT molecular complexity index is 211. The summed E-state index contributed by atoms with van der Waals surface area (Å²) in [6.45, 7) is 10.7. The lowest BCUT2D eigenvalue weighted by Gasteiger charge is -2.40. The van der Waals surface area contributed by atoms with Gasteiger partial charge in [-0.05, 0) is 24.7 Å². The number of nitrogens with zero attached hydrogens (tertiary/aromatic N) is 1. The normalized spacial score (nSPS) is 29.6. The minimum Gasteiger partial charge on any atom is -0.311 e. The van der Waals surface area contributed by atoms with Crippen molar-refractivity contribution in [1.82, 2.24) is 10.2 Å². The molecule has 0 radical (unpaired) electrons. The number of hydrogen-bond acceptors (Lipinski definition) is 2. The maximum absolute atomic E-state index is 3.65.